The highest BCUT2D eigenvalue weighted by Gasteiger charge is 2.06. The van der Waals surface area contributed by atoms with Crippen LogP contribution in [-0.4, -0.2) is 15.0 Å². The first-order valence-electron chi connectivity index (χ1n) is 4.21. The normalized spacial score (nSPS) is 10.7. The van der Waals surface area contributed by atoms with Gasteiger partial charge in [0.15, 0.2) is 0 Å². The molecule has 14 heavy (non-hydrogen) atoms. The summed E-state index contributed by atoms with van der Waals surface area (Å²) in [5.74, 6) is 0.800. The molecule has 0 atom stereocenters. The van der Waals surface area contributed by atoms with Crippen LogP contribution in [0.1, 0.15) is 11.5 Å². The number of nitrogens with two attached hydrogens (primary N) is 1. The fourth-order valence-electron chi connectivity index (χ4n) is 1.44. The molecule has 3 N–H and O–H groups in total. The molecule has 2 heterocycles. The lowest BCUT2D eigenvalue weighted by atomic mass is 10.2. The molecule has 5 heteroatoms. The van der Waals surface area contributed by atoms with Crippen molar-refractivity contribution in [3.8, 4) is 0 Å². The van der Waals surface area contributed by atoms with Crippen LogP contribution >= 0.6 is 0 Å². The SMILES string of the molecule is Cc1nc(N)c2c(=O)[nH]c(C)cc2n1. The highest BCUT2D eigenvalue weighted by molar-refractivity contribution is 5.87. The second kappa shape index (κ2) is 2.80. The molecule has 0 aliphatic rings. The molecule has 2 aromatic heterocycles. The molecule has 5 nitrogen and oxygen atoms in total. The zero-order valence-electron chi connectivity index (χ0n) is 7.96. The number of nitrogens with one attached hydrogen (secondary N) is 1. The molecular formula is C9H10N4O. The summed E-state index contributed by atoms with van der Waals surface area (Å²) in [6, 6.07) is 1.78. The van der Waals surface area contributed by atoms with Gasteiger partial charge < -0.3 is 10.7 Å². The first-order valence-corrected chi connectivity index (χ1v) is 4.21. The zero-order valence-corrected chi connectivity index (χ0v) is 7.96. The maximum atomic E-state index is 11.5. The number of aromatic amines is 1. The van der Waals surface area contributed by atoms with Gasteiger partial charge in [-0.1, -0.05) is 0 Å². The summed E-state index contributed by atoms with van der Waals surface area (Å²) >= 11 is 0. The van der Waals surface area contributed by atoms with Crippen LogP contribution < -0.4 is 11.3 Å². The Kier molecular flexibility index (Phi) is 1.73. The lowest BCUT2D eigenvalue weighted by molar-refractivity contribution is 1.08. The van der Waals surface area contributed by atoms with Crippen LogP contribution in [0.4, 0.5) is 5.82 Å². The first-order chi connectivity index (χ1) is 6.58. The van der Waals surface area contributed by atoms with E-state index < -0.39 is 0 Å². The Morgan fingerprint density at radius 2 is 2.07 bits per heavy atom. The first kappa shape index (κ1) is 8.68. The molecule has 0 bridgehead atoms. The van der Waals surface area contributed by atoms with Crippen molar-refractivity contribution >= 4 is 16.7 Å². The summed E-state index contributed by atoms with van der Waals surface area (Å²) in [4.78, 5) is 22.3. The van der Waals surface area contributed by atoms with Gasteiger partial charge in [0, 0.05) is 5.69 Å². The molecule has 0 aliphatic heterocycles. The number of hydrogen-bond donors (Lipinski definition) is 2. The smallest absolute Gasteiger partial charge is 0.261 e. The number of nitrogen functional groups attached to an aromatic ring is 1. The van der Waals surface area contributed by atoms with Gasteiger partial charge in [0.25, 0.3) is 5.56 Å². The topological polar surface area (TPSA) is 84.7 Å². The van der Waals surface area contributed by atoms with Crippen molar-refractivity contribution in [2.45, 2.75) is 13.8 Å². The minimum Gasteiger partial charge on any atom is -0.383 e. The number of fused-ring (bicyclic) bond motifs is 1. The predicted octanol–water partition coefficient (Wildman–Crippen LogP) is 0.517. The average molecular weight is 190 g/mol. The van der Waals surface area contributed by atoms with E-state index in [-0.39, 0.29) is 11.4 Å². The Balaban J connectivity index is 3.02. The standard InChI is InChI=1S/C9H10N4O/c1-4-3-6-7(9(14)11-4)8(10)13-5(2)12-6/h3H,1-2H3,(H,11,14)(H2,10,12,13). The van der Waals surface area contributed by atoms with Crippen molar-refractivity contribution in [1.82, 2.24) is 15.0 Å². The number of hydrogen-bond acceptors (Lipinski definition) is 4. The van der Waals surface area contributed by atoms with Crippen LogP contribution in [0.5, 0.6) is 0 Å². The Labute approximate surface area is 80.0 Å². The van der Waals surface area contributed by atoms with Crippen molar-refractivity contribution in [3.63, 3.8) is 0 Å². The van der Waals surface area contributed by atoms with E-state index in [2.05, 4.69) is 15.0 Å². The van der Waals surface area contributed by atoms with Crippen LogP contribution in [0.3, 0.4) is 0 Å². The number of aromatic nitrogens is 3. The molecule has 0 aromatic carbocycles. The molecule has 0 fully saturated rings. The monoisotopic (exact) mass is 190 g/mol. The maximum Gasteiger partial charge on any atom is 0.261 e. The third kappa shape index (κ3) is 1.22. The third-order valence-corrected chi connectivity index (χ3v) is 1.97. The summed E-state index contributed by atoms with van der Waals surface area (Å²) in [5.41, 5.74) is 6.76. The fraction of sp³-hybridized carbons (Fsp3) is 0.222. The van der Waals surface area contributed by atoms with Crippen LogP contribution in [0.2, 0.25) is 0 Å². The van der Waals surface area contributed by atoms with E-state index in [0.717, 1.165) is 5.69 Å². The molecule has 0 amide bonds. The van der Waals surface area contributed by atoms with Crippen molar-refractivity contribution in [1.29, 1.82) is 0 Å². The predicted molar refractivity (Wildman–Crippen MR) is 54.0 cm³/mol. The maximum absolute atomic E-state index is 11.5. The van der Waals surface area contributed by atoms with E-state index in [1.807, 2.05) is 0 Å². The molecule has 0 radical (unpaired) electrons. The van der Waals surface area contributed by atoms with Crippen molar-refractivity contribution < 1.29 is 0 Å². The lowest BCUT2D eigenvalue weighted by Crippen LogP contribution is -2.12. The van der Waals surface area contributed by atoms with Crippen LogP contribution in [0, 0.1) is 13.8 Å². The summed E-state index contributed by atoms with van der Waals surface area (Å²) in [6.07, 6.45) is 0. The minimum absolute atomic E-state index is 0.230. The fourth-order valence-corrected chi connectivity index (χ4v) is 1.44. The van der Waals surface area contributed by atoms with Gasteiger partial charge in [0.2, 0.25) is 0 Å². The highest BCUT2D eigenvalue weighted by Crippen LogP contribution is 2.12. The van der Waals surface area contributed by atoms with E-state index in [1.54, 1.807) is 19.9 Å². The summed E-state index contributed by atoms with van der Waals surface area (Å²) in [6.45, 7) is 3.54. The third-order valence-electron chi connectivity index (χ3n) is 1.97. The van der Waals surface area contributed by atoms with Crippen LogP contribution in [-0.2, 0) is 0 Å². The molecule has 2 aromatic rings. The summed E-state index contributed by atoms with van der Waals surface area (Å²) in [5, 5.41) is 0.362. The zero-order chi connectivity index (χ0) is 10.3. The van der Waals surface area contributed by atoms with Gasteiger partial charge in [-0.05, 0) is 19.9 Å². The summed E-state index contributed by atoms with van der Waals surface area (Å²) in [7, 11) is 0. The van der Waals surface area contributed by atoms with Crippen LogP contribution in [0.25, 0.3) is 10.9 Å². The average Bonchev–Trinajstić information content (AvgIpc) is 1.99. The molecule has 0 spiro atoms. The Hall–Kier alpha value is -1.91. The number of anilines is 1. The lowest BCUT2D eigenvalue weighted by Gasteiger charge is -2.02. The molecule has 2 rings (SSSR count). The van der Waals surface area contributed by atoms with Gasteiger partial charge in [0.05, 0.1) is 5.52 Å². The minimum atomic E-state index is -0.238. The van der Waals surface area contributed by atoms with Gasteiger partial charge in [-0.2, -0.15) is 0 Å². The molecule has 0 saturated carbocycles. The second-order valence-corrected chi connectivity index (χ2v) is 3.20. The number of nitrogens with zero attached hydrogens (tertiary/aromatic N) is 2. The van der Waals surface area contributed by atoms with Gasteiger partial charge in [-0.25, -0.2) is 9.97 Å². The number of H-pyrrole nitrogens is 1. The van der Waals surface area contributed by atoms with Crippen molar-refractivity contribution in [2.75, 3.05) is 5.73 Å². The number of pyridine rings is 1. The van der Waals surface area contributed by atoms with E-state index >= 15 is 0 Å². The van der Waals surface area contributed by atoms with E-state index in [1.165, 1.54) is 0 Å². The Bertz CT molecular complexity index is 553. The van der Waals surface area contributed by atoms with Gasteiger partial charge in [0.1, 0.15) is 17.0 Å². The van der Waals surface area contributed by atoms with Crippen molar-refractivity contribution in [2.24, 2.45) is 0 Å². The van der Waals surface area contributed by atoms with E-state index in [9.17, 15) is 4.79 Å². The van der Waals surface area contributed by atoms with E-state index in [4.69, 9.17) is 5.73 Å². The number of rotatable bonds is 0. The largest absolute Gasteiger partial charge is 0.383 e. The molecule has 0 aliphatic carbocycles. The van der Waals surface area contributed by atoms with Gasteiger partial charge in [-0.15, -0.1) is 0 Å². The Morgan fingerprint density at radius 3 is 2.79 bits per heavy atom. The van der Waals surface area contributed by atoms with Crippen molar-refractivity contribution in [3.05, 3.63) is 27.9 Å². The summed E-state index contributed by atoms with van der Waals surface area (Å²) < 4.78 is 0. The van der Waals surface area contributed by atoms with E-state index in [0.29, 0.717) is 16.7 Å². The van der Waals surface area contributed by atoms with Gasteiger partial charge in [-0.3, -0.25) is 4.79 Å². The molecule has 0 saturated heterocycles. The second-order valence-electron chi connectivity index (χ2n) is 3.20. The highest BCUT2D eigenvalue weighted by atomic mass is 16.1. The molecule has 72 valence electrons. The number of aryl methyl sites for hydroxylation is 2. The molecule has 0 unspecified atom stereocenters. The Morgan fingerprint density at radius 1 is 1.36 bits per heavy atom. The quantitative estimate of drug-likeness (QED) is 0.634. The van der Waals surface area contributed by atoms with Crippen LogP contribution in [0.15, 0.2) is 10.9 Å². The molecular weight excluding hydrogens is 180 g/mol. The van der Waals surface area contributed by atoms with Gasteiger partial charge >= 0.3 is 0 Å².